The van der Waals surface area contributed by atoms with E-state index < -0.39 is 11.9 Å². The van der Waals surface area contributed by atoms with Gasteiger partial charge in [0.05, 0.1) is 12.7 Å². The highest BCUT2D eigenvalue weighted by atomic mass is 79.9. The van der Waals surface area contributed by atoms with E-state index in [1.807, 2.05) is 37.4 Å². The molecular weight excluding hydrogens is 402 g/mol. The molecule has 4 nitrogen and oxygen atoms in total. The molecule has 1 aliphatic rings. The average molecular weight is 420 g/mol. The first-order valence-electron chi connectivity index (χ1n) is 7.79. The molecule has 1 atom stereocenters. The van der Waals surface area contributed by atoms with E-state index >= 15 is 0 Å². The Morgan fingerprint density at radius 1 is 1.20 bits per heavy atom. The van der Waals surface area contributed by atoms with E-state index in [4.69, 9.17) is 4.74 Å². The highest BCUT2D eigenvalue weighted by Gasteiger charge is 2.36. The second kappa shape index (κ2) is 6.77. The van der Waals surface area contributed by atoms with Crippen LogP contribution >= 0.6 is 27.3 Å². The van der Waals surface area contributed by atoms with Crippen LogP contribution in [0, 0.1) is 0 Å². The number of esters is 1. The predicted octanol–water partition coefficient (Wildman–Crippen LogP) is 4.66. The molecule has 1 N–H and O–H groups in total. The lowest BCUT2D eigenvalue weighted by atomic mass is 9.79. The van der Waals surface area contributed by atoms with Crippen LogP contribution in [0.25, 0.3) is 10.1 Å². The zero-order chi connectivity index (χ0) is 18.3. The van der Waals surface area contributed by atoms with Crippen LogP contribution in [-0.2, 0) is 14.3 Å². The van der Waals surface area contributed by atoms with Crippen molar-refractivity contribution in [2.24, 2.45) is 0 Å². The molecule has 1 aliphatic heterocycles. The van der Waals surface area contributed by atoms with E-state index in [0.29, 0.717) is 16.8 Å². The van der Waals surface area contributed by atoms with E-state index in [2.05, 4.69) is 21.2 Å². The first-order chi connectivity index (χ1) is 11.8. The van der Waals surface area contributed by atoms with Crippen molar-refractivity contribution >= 4 is 49.1 Å². The minimum atomic E-state index is -0.436. The summed E-state index contributed by atoms with van der Waals surface area (Å²) in [5.74, 6) is -0.914. The van der Waals surface area contributed by atoms with Gasteiger partial charge in [-0.25, -0.2) is 4.79 Å². The quantitative estimate of drug-likeness (QED) is 0.734. The van der Waals surface area contributed by atoms with E-state index in [-0.39, 0.29) is 5.78 Å². The molecule has 1 aromatic heterocycles. The van der Waals surface area contributed by atoms with Gasteiger partial charge in [0.15, 0.2) is 5.78 Å². The Morgan fingerprint density at radius 2 is 1.88 bits per heavy atom. The molecule has 2 heterocycles. The van der Waals surface area contributed by atoms with Crippen LogP contribution in [0.4, 0.5) is 0 Å². The summed E-state index contributed by atoms with van der Waals surface area (Å²) < 4.78 is 7.08. The third-order valence-electron chi connectivity index (χ3n) is 4.42. The smallest absolute Gasteiger partial charge is 0.336 e. The van der Waals surface area contributed by atoms with Crippen molar-refractivity contribution in [2.45, 2.75) is 26.7 Å². The van der Waals surface area contributed by atoms with E-state index in [1.165, 1.54) is 14.0 Å². The van der Waals surface area contributed by atoms with Gasteiger partial charge >= 0.3 is 5.97 Å². The van der Waals surface area contributed by atoms with Gasteiger partial charge in [0.25, 0.3) is 0 Å². The molecule has 0 saturated heterocycles. The molecule has 0 aliphatic carbocycles. The maximum atomic E-state index is 12.5. The highest BCUT2D eigenvalue weighted by Crippen LogP contribution is 2.44. The lowest BCUT2D eigenvalue weighted by Gasteiger charge is -2.30. The van der Waals surface area contributed by atoms with Crippen molar-refractivity contribution in [3.05, 3.63) is 56.2 Å². The Labute approximate surface area is 158 Å². The molecule has 0 radical (unpaired) electrons. The lowest BCUT2D eigenvalue weighted by molar-refractivity contribution is -0.136. The molecule has 6 heteroatoms. The number of allylic oxidation sites excluding steroid dienone is 3. The van der Waals surface area contributed by atoms with Gasteiger partial charge in [-0.05, 0) is 55.3 Å². The first-order valence-corrected chi connectivity index (χ1v) is 9.46. The summed E-state index contributed by atoms with van der Waals surface area (Å²) >= 11 is 5.11. The van der Waals surface area contributed by atoms with Gasteiger partial charge in [-0.1, -0.05) is 15.9 Å². The molecule has 0 fully saturated rings. The topological polar surface area (TPSA) is 55.4 Å². The number of nitrogens with one attached hydrogen (secondary N) is 1. The Balaban J connectivity index is 2.32. The summed E-state index contributed by atoms with van der Waals surface area (Å²) in [4.78, 5) is 24.9. The van der Waals surface area contributed by atoms with Gasteiger partial charge in [0.1, 0.15) is 0 Å². The standard InChI is InChI=1S/C19H18BrNO3S/c1-9-16(11(3)22)18(17(10(2)21-9)19(23)24-4)14-8-25-15-6-5-12(20)7-13(14)15/h5-8,18,21H,1-4H3. The molecule has 0 saturated carbocycles. The van der Waals surface area contributed by atoms with Gasteiger partial charge in [-0.2, -0.15) is 0 Å². The van der Waals surface area contributed by atoms with Crippen LogP contribution in [0.2, 0.25) is 0 Å². The van der Waals surface area contributed by atoms with Crippen molar-refractivity contribution in [1.82, 2.24) is 5.32 Å². The Hall–Kier alpha value is -1.92. The Kier molecular flexibility index (Phi) is 4.84. The fourth-order valence-electron chi connectivity index (χ4n) is 3.40. The number of hydrogen-bond donors (Lipinski definition) is 1. The van der Waals surface area contributed by atoms with Crippen LogP contribution in [0.3, 0.4) is 0 Å². The number of dihydropyridines is 1. The summed E-state index contributed by atoms with van der Waals surface area (Å²) in [6.45, 7) is 5.24. The number of rotatable bonds is 3. The first kappa shape index (κ1) is 17.9. The normalized spacial score (nSPS) is 17.7. The maximum absolute atomic E-state index is 12.5. The number of fused-ring (bicyclic) bond motifs is 1. The number of carbonyl (C=O) groups is 2. The second-order valence-electron chi connectivity index (χ2n) is 6.01. The fourth-order valence-corrected chi connectivity index (χ4v) is 4.73. The Bertz CT molecular complexity index is 955. The number of hydrogen-bond acceptors (Lipinski definition) is 5. The molecule has 0 spiro atoms. The lowest BCUT2D eigenvalue weighted by Crippen LogP contribution is -2.30. The molecule has 0 bridgehead atoms. The molecule has 1 unspecified atom stereocenters. The zero-order valence-electron chi connectivity index (χ0n) is 14.4. The van der Waals surface area contributed by atoms with Crippen molar-refractivity contribution in [3.8, 4) is 0 Å². The zero-order valence-corrected chi connectivity index (χ0v) is 16.8. The van der Waals surface area contributed by atoms with Gasteiger partial charge in [-0.15, -0.1) is 11.3 Å². The third kappa shape index (κ3) is 3.04. The van der Waals surface area contributed by atoms with Crippen molar-refractivity contribution in [2.75, 3.05) is 7.11 Å². The summed E-state index contributed by atoms with van der Waals surface area (Å²) in [6.07, 6.45) is 0. The highest BCUT2D eigenvalue weighted by molar-refractivity contribution is 9.10. The molecule has 130 valence electrons. The van der Waals surface area contributed by atoms with Crippen LogP contribution in [0.1, 0.15) is 32.3 Å². The summed E-state index contributed by atoms with van der Waals surface area (Å²) in [7, 11) is 1.36. The summed E-state index contributed by atoms with van der Waals surface area (Å²) in [5, 5.41) is 6.22. The molecule has 3 rings (SSSR count). The second-order valence-corrected chi connectivity index (χ2v) is 7.84. The van der Waals surface area contributed by atoms with Crippen molar-refractivity contribution in [1.29, 1.82) is 0 Å². The number of benzene rings is 1. The number of thiophene rings is 1. The molecule has 25 heavy (non-hydrogen) atoms. The van der Waals surface area contributed by atoms with Gasteiger partial charge in [0, 0.05) is 32.1 Å². The monoisotopic (exact) mass is 419 g/mol. The number of halogens is 1. The van der Waals surface area contributed by atoms with Crippen LogP contribution < -0.4 is 5.32 Å². The Morgan fingerprint density at radius 3 is 2.52 bits per heavy atom. The summed E-state index contributed by atoms with van der Waals surface area (Å²) in [5.41, 5.74) is 3.53. The van der Waals surface area contributed by atoms with Crippen molar-refractivity contribution < 1.29 is 14.3 Å². The fraction of sp³-hybridized carbons (Fsp3) is 0.263. The number of methoxy groups -OCH3 is 1. The number of carbonyl (C=O) groups excluding carboxylic acids is 2. The number of ketones is 1. The SMILES string of the molecule is COC(=O)C1=C(C)NC(C)=C(C(C)=O)C1c1csc2ccc(Br)cc12. The van der Waals surface area contributed by atoms with Gasteiger partial charge in [0.2, 0.25) is 0 Å². The molecule has 2 aromatic rings. The van der Waals surface area contributed by atoms with E-state index in [1.54, 1.807) is 11.3 Å². The van der Waals surface area contributed by atoms with Gasteiger partial charge < -0.3 is 10.1 Å². The van der Waals surface area contributed by atoms with Crippen molar-refractivity contribution in [3.63, 3.8) is 0 Å². The van der Waals surface area contributed by atoms with Crippen LogP contribution in [0.5, 0.6) is 0 Å². The number of Topliss-reactive ketones (excluding diaryl/α,β-unsaturated/α-hetero) is 1. The minimum Gasteiger partial charge on any atom is -0.466 e. The third-order valence-corrected chi connectivity index (χ3v) is 5.90. The van der Waals surface area contributed by atoms with Gasteiger partial charge in [-0.3, -0.25) is 4.79 Å². The van der Waals surface area contributed by atoms with E-state index in [0.717, 1.165) is 25.8 Å². The predicted molar refractivity (Wildman–Crippen MR) is 103 cm³/mol. The molecule has 1 aromatic carbocycles. The van der Waals surface area contributed by atoms with Crippen LogP contribution in [0.15, 0.2) is 50.6 Å². The maximum Gasteiger partial charge on any atom is 0.336 e. The minimum absolute atomic E-state index is 0.0572. The largest absolute Gasteiger partial charge is 0.466 e. The summed E-state index contributed by atoms with van der Waals surface area (Å²) in [6, 6.07) is 6.05. The van der Waals surface area contributed by atoms with E-state index in [9.17, 15) is 9.59 Å². The molecule has 0 amide bonds. The molecular formula is C19H18BrNO3S. The average Bonchev–Trinajstić information content (AvgIpc) is 2.95. The van der Waals surface area contributed by atoms with Crippen LogP contribution in [-0.4, -0.2) is 18.9 Å². The number of ether oxygens (including phenoxy) is 1.